The first kappa shape index (κ1) is 23.9. The zero-order chi connectivity index (χ0) is 25.8. The first-order chi connectivity index (χ1) is 18.0. The van der Waals surface area contributed by atoms with Gasteiger partial charge in [0.25, 0.3) is 0 Å². The minimum atomic E-state index is -1.39. The number of benzene rings is 4. The van der Waals surface area contributed by atoms with Crippen molar-refractivity contribution in [3.63, 3.8) is 0 Å². The number of carboxylic acid groups (broad SMARTS) is 2. The third-order valence-electron chi connectivity index (χ3n) is 6.33. The number of aromatic carboxylic acids is 1. The highest BCUT2D eigenvalue weighted by molar-refractivity contribution is 5.89. The Kier molecular flexibility index (Phi) is 6.76. The number of hydrogen-bond donors (Lipinski definition) is 2. The summed E-state index contributed by atoms with van der Waals surface area (Å²) in [6.07, 6.45) is -0.183. The number of nitrogens with zero attached hydrogens (tertiary/aromatic N) is 1. The number of carboxylic acids is 1. The molecule has 1 heterocycles. The van der Waals surface area contributed by atoms with E-state index in [9.17, 15) is 19.8 Å². The zero-order valence-corrected chi connectivity index (χ0v) is 20.0. The third-order valence-corrected chi connectivity index (χ3v) is 6.33. The summed E-state index contributed by atoms with van der Waals surface area (Å²) in [4.78, 5) is 22.8. The molecule has 7 heteroatoms. The first-order valence-electron chi connectivity index (χ1n) is 11.9. The van der Waals surface area contributed by atoms with Crippen molar-refractivity contribution < 1.29 is 29.3 Å². The second-order valence-corrected chi connectivity index (χ2v) is 8.69. The Balaban J connectivity index is 1.41. The molecule has 2 N–H and O–H groups in total. The second kappa shape index (κ2) is 10.5. The van der Waals surface area contributed by atoms with E-state index in [4.69, 9.17) is 9.47 Å². The number of aromatic nitrogens is 1. The lowest BCUT2D eigenvalue weighted by atomic mass is 10.1. The number of aryl methyl sites for hydroxylation is 1. The minimum Gasteiger partial charge on any atom is -0.493 e. The van der Waals surface area contributed by atoms with Crippen molar-refractivity contribution in [3.8, 4) is 11.6 Å². The Morgan fingerprint density at radius 3 is 2.24 bits per heavy atom. The molecule has 4 aromatic carbocycles. The lowest BCUT2D eigenvalue weighted by Gasteiger charge is -2.12. The van der Waals surface area contributed by atoms with Crippen molar-refractivity contribution in [1.82, 2.24) is 4.57 Å². The summed E-state index contributed by atoms with van der Waals surface area (Å²) in [5, 5.41) is 21.7. The molecule has 0 unspecified atom stereocenters. The molecular formula is C30H25NO6. The molecule has 0 bridgehead atoms. The van der Waals surface area contributed by atoms with E-state index in [1.54, 1.807) is 12.1 Å². The van der Waals surface area contributed by atoms with Crippen LogP contribution in [0.25, 0.3) is 21.7 Å². The monoisotopic (exact) mass is 495 g/mol. The predicted molar refractivity (Wildman–Crippen MR) is 141 cm³/mol. The maximum atomic E-state index is 11.6. The third kappa shape index (κ3) is 5.11. The molecule has 0 fully saturated rings. The molecule has 5 aromatic rings. The van der Waals surface area contributed by atoms with Crippen LogP contribution in [0.5, 0.6) is 11.6 Å². The number of rotatable bonds is 9. The molecular weight excluding hydrogens is 470 g/mol. The van der Waals surface area contributed by atoms with Crippen LogP contribution < -0.4 is 9.47 Å². The Morgan fingerprint density at radius 2 is 1.49 bits per heavy atom. The Hall–Kier alpha value is -4.78. The molecule has 0 spiro atoms. The van der Waals surface area contributed by atoms with Gasteiger partial charge in [-0.1, -0.05) is 66.7 Å². The second-order valence-electron chi connectivity index (χ2n) is 8.69. The lowest BCUT2D eigenvalue weighted by Crippen LogP contribution is -2.11. The largest absolute Gasteiger partial charge is 0.512 e. The van der Waals surface area contributed by atoms with E-state index in [0.717, 1.165) is 38.6 Å². The van der Waals surface area contributed by atoms with E-state index in [1.807, 2.05) is 71.3 Å². The van der Waals surface area contributed by atoms with Gasteiger partial charge >= 0.3 is 12.1 Å². The van der Waals surface area contributed by atoms with Crippen LogP contribution in [0.3, 0.4) is 0 Å². The van der Waals surface area contributed by atoms with Crippen molar-refractivity contribution >= 4 is 33.8 Å². The standard InChI is InChI=1S/C30H25NO6/c32-29(33)22-16-14-20(15-17-22)19-31-26-12-4-3-10-24(26)25(28(31)37-30(34)35)11-6-18-36-27-13-5-8-21-7-1-2-9-23(21)27/h1-5,7-10,12-17H,6,11,18-19H2,(H,32,33)(H,34,35). The van der Waals surface area contributed by atoms with Gasteiger partial charge in [-0.25, -0.2) is 9.59 Å². The van der Waals surface area contributed by atoms with Crippen molar-refractivity contribution in [2.24, 2.45) is 0 Å². The smallest absolute Gasteiger partial charge is 0.493 e. The highest BCUT2D eigenvalue weighted by Gasteiger charge is 2.21. The molecule has 37 heavy (non-hydrogen) atoms. The SMILES string of the molecule is O=C(O)Oc1c(CCCOc2cccc3ccccc23)c2ccccc2n1Cc1ccc(C(=O)O)cc1. The number of carbonyl (C=O) groups is 2. The zero-order valence-electron chi connectivity index (χ0n) is 20.0. The highest BCUT2D eigenvalue weighted by Crippen LogP contribution is 2.34. The molecule has 5 rings (SSSR count). The first-order valence-corrected chi connectivity index (χ1v) is 11.9. The number of hydrogen-bond acceptors (Lipinski definition) is 4. The van der Waals surface area contributed by atoms with Crippen LogP contribution in [0.15, 0.2) is 91.0 Å². The van der Waals surface area contributed by atoms with Gasteiger partial charge in [0.05, 0.1) is 24.2 Å². The van der Waals surface area contributed by atoms with Gasteiger partial charge in [-0.15, -0.1) is 0 Å². The fourth-order valence-corrected chi connectivity index (χ4v) is 4.64. The maximum absolute atomic E-state index is 11.6. The molecule has 7 nitrogen and oxygen atoms in total. The van der Waals surface area contributed by atoms with Crippen LogP contribution >= 0.6 is 0 Å². The van der Waals surface area contributed by atoms with Crippen LogP contribution in [-0.4, -0.2) is 33.5 Å². The molecule has 0 aliphatic rings. The molecule has 0 aliphatic carbocycles. The molecule has 186 valence electrons. The highest BCUT2D eigenvalue weighted by atomic mass is 16.7. The van der Waals surface area contributed by atoms with Gasteiger partial charge in [0.2, 0.25) is 5.88 Å². The van der Waals surface area contributed by atoms with Gasteiger partial charge < -0.3 is 24.3 Å². The van der Waals surface area contributed by atoms with E-state index < -0.39 is 12.1 Å². The van der Waals surface area contributed by atoms with Gasteiger partial charge in [-0.05, 0) is 48.1 Å². The van der Waals surface area contributed by atoms with E-state index in [-0.39, 0.29) is 11.4 Å². The Bertz CT molecular complexity index is 1580. The summed E-state index contributed by atoms with van der Waals surface area (Å²) in [6, 6.07) is 28.2. The fourth-order valence-electron chi connectivity index (χ4n) is 4.64. The number of ether oxygens (including phenoxy) is 2. The summed E-state index contributed by atoms with van der Waals surface area (Å²) >= 11 is 0. The lowest BCUT2D eigenvalue weighted by molar-refractivity contribution is 0.0696. The molecule has 0 aliphatic heterocycles. The van der Waals surface area contributed by atoms with Crippen molar-refractivity contribution in [2.45, 2.75) is 19.4 Å². The number of para-hydroxylation sites is 1. The normalized spacial score (nSPS) is 11.0. The van der Waals surface area contributed by atoms with Gasteiger partial charge in [-0.2, -0.15) is 0 Å². The topological polar surface area (TPSA) is 98.0 Å². The Labute approximate surface area is 213 Å². The van der Waals surface area contributed by atoms with Gasteiger partial charge in [-0.3, -0.25) is 0 Å². The van der Waals surface area contributed by atoms with Crippen LogP contribution in [0.4, 0.5) is 4.79 Å². The average Bonchev–Trinajstić information content (AvgIpc) is 3.18. The number of fused-ring (bicyclic) bond motifs is 2. The van der Waals surface area contributed by atoms with Crippen LogP contribution in [-0.2, 0) is 13.0 Å². The summed E-state index contributed by atoms with van der Waals surface area (Å²) < 4.78 is 13.2. The van der Waals surface area contributed by atoms with E-state index >= 15 is 0 Å². The molecule has 0 atom stereocenters. The fraction of sp³-hybridized carbons (Fsp3) is 0.133. The van der Waals surface area contributed by atoms with Gasteiger partial charge in [0.15, 0.2) is 0 Å². The Morgan fingerprint density at radius 1 is 0.784 bits per heavy atom. The quantitative estimate of drug-likeness (QED) is 0.176. The van der Waals surface area contributed by atoms with Crippen LogP contribution in [0.2, 0.25) is 0 Å². The molecule has 0 saturated heterocycles. The van der Waals surface area contributed by atoms with Crippen molar-refractivity contribution in [2.75, 3.05) is 6.61 Å². The van der Waals surface area contributed by atoms with Crippen LogP contribution in [0.1, 0.15) is 27.9 Å². The summed E-state index contributed by atoms with van der Waals surface area (Å²) in [5.41, 5.74) is 2.65. The molecule has 0 radical (unpaired) electrons. The predicted octanol–water partition coefficient (Wildman–Crippen LogP) is 6.61. The van der Waals surface area contributed by atoms with E-state index in [1.165, 1.54) is 12.1 Å². The summed E-state index contributed by atoms with van der Waals surface area (Å²) in [5.74, 6) is 0.0781. The maximum Gasteiger partial charge on any atom is 0.512 e. The molecule has 1 aromatic heterocycles. The summed E-state index contributed by atoms with van der Waals surface area (Å²) in [7, 11) is 0. The van der Waals surface area contributed by atoms with Gasteiger partial charge in [0, 0.05) is 16.3 Å². The van der Waals surface area contributed by atoms with Gasteiger partial charge in [0.1, 0.15) is 5.75 Å². The minimum absolute atomic E-state index is 0.190. The van der Waals surface area contributed by atoms with Crippen LogP contribution in [0, 0.1) is 0 Å². The molecule has 0 saturated carbocycles. The van der Waals surface area contributed by atoms with E-state index in [2.05, 4.69) is 0 Å². The average molecular weight is 496 g/mol. The van der Waals surface area contributed by atoms with Crippen molar-refractivity contribution in [3.05, 3.63) is 108 Å². The summed E-state index contributed by atoms with van der Waals surface area (Å²) in [6.45, 7) is 0.784. The van der Waals surface area contributed by atoms with E-state index in [0.29, 0.717) is 26.0 Å². The van der Waals surface area contributed by atoms with Crippen molar-refractivity contribution in [1.29, 1.82) is 0 Å². The molecule has 0 amide bonds.